The van der Waals surface area contributed by atoms with E-state index in [1.807, 2.05) is 37.3 Å². The van der Waals surface area contributed by atoms with Crippen LogP contribution in [0.25, 0.3) is 11.1 Å². The van der Waals surface area contributed by atoms with Crippen molar-refractivity contribution in [2.45, 2.75) is 53.4 Å². The highest BCUT2D eigenvalue weighted by atomic mass is 16.6. The molecule has 1 aromatic heterocycles. The third kappa shape index (κ3) is 7.74. The fourth-order valence-electron chi connectivity index (χ4n) is 5.18. The quantitative estimate of drug-likeness (QED) is 0.173. The molecule has 2 heterocycles. The Kier molecular flexibility index (Phi) is 10.1. The van der Waals surface area contributed by atoms with Crippen molar-refractivity contribution in [1.82, 2.24) is 10.3 Å². The molecule has 44 heavy (non-hydrogen) atoms. The average Bonchev–Trinajstić information content (AvgIpc) is 3.03. The Labute approximate surface area is 258 Å². The van der Waals surface area contributed by atoms with Crippen molar-refractivity contribution in [3.63, 3.8) is 0 Å². The second kappa shape index (κ2) is 14.5. The van der Waals surface area contributed by atoms with Crippen LogP contribution in [0.3, 0.4) is 0 Å². The predicted octanol–water partition coefficient (Wildman–Crippen LogP) is 6.63. The summed E-state index contributed by atoms with van der Waals surface area (Å²) in [6.45, 7) is 8.84. The lowest BCUT2D eigenvalue weighted by Crippen LogP contribution is -2.17. The second-order valence-corrected chi connectivity index (χ2v) is 10.9. The number of carbonyl (C=O) groups excluding carboxylic acids is 1. The molecular formula is C36H37N3O5. The number of benzene rings is 3. The highest BCUT2D eigenvalue weighted by molar-refractivity contribution is 5.75. The number of pyridine rings is 1. The minimum atomic E-state index is 0.189. The van der Waals surface area contributed by atoms with Crippen LogP contribution in [0.4, 0.5) is 0 Å². The first-order chi connectivity index (χ1) is 21.4. The largest absolute Gasteiger partial charge is 0.489 e. The van der Waals surface area contributed by atoms with Crippen molar-refractivity contribution < 1.29 is 23.7 Å². The van der Waals surface area contributed by atoms with Gasteiger partial charge in [-0.05, 0) is 85.8 Å². The first kappa shape index (κ1) is 30.6. The van der Waals surface area contributed by atoms with Gasteiger partial charge in [0.15, 0.2) is 11.5 Å². The van der Waals surface area contributed by atoms with Crippen LogP contribution in [0, 0.1) is 25.2 Å². The molecule has 0 atom stereocenters. The first-order valence-electron chi connectivity index (χ1n) is 14.8. The van der Waals surface area contributed by atoms with E-state index in [0.717, 1.165) is 63.4 Å². The summed E-state index contributed by atoms with van der Waals surface area (Å²) in [5.41, 5.74) is 7.73. The summed E-state index contributed by atoms with van der Waals surface area (Å²) in [7, 11) is 0. The number of carbonyl (C=O) groups is 1. The summed E-state index contributed by atoms with van der Waals surface area (Å²) >= 11 is 0. The predicted molar refractivity (Wildman–Crippen MR) is 168 cm³/mol. The van der Waals surface area contributed by atoms with Gasteiger partial charge in [0, 0.05) is 42.6 Å². The van der Waals surface area contributed by atoms with Crippen molar-refractivity contribution in [2.24, 2.45) is 0 Å². The Bertz CT molecular complexity index is 1680. The fourth-order valence-corrected chi connectivity index (χ4v) is 5.18. The maximum absolute atomic E-state index is 11.3. The number of aryl methyl sites for hydroxylation is 1. The second-order valence-electron chi connectivity index (χ2n) is 10.9. The smallest absolute Gasteiger partial charge is 0.161 e. The highest BCUT2D eigenvalue weighted by Gasteiger charge is 2.16. The van der Waals surface area contributed by atoms with Gasteiger partial charge in [0.05, 0.1) is 5.56 Å². The van der Waals surface area contributed by atoms with Crippen LogP contribution in [-0.4, -0.2) is 30.5 Å². The fraction of sp³-hybridized carbons (Fsp3) is 0.306. The van der Waals surface area contributed by atoms with E-state index in [2.05, 4.69) is 41.5 Å². The number of ketones is 1. The molecule has 1 aliphatic rings. The Hall–Kier alpha value is -4.87. The third-order valence-electron chi connectivity index (χ3n) is 7.60. The number of nitriles is 1. The molecule has 0 aliphatic carbocycles. The minimum absolute atomic E-state index is 0.189. The summed E-state index contributed by atoms with van der Waals surface area (Å²) in [4.78, 5) is 15.5. The lowest BCUT2D eigenvalue weighted by Gasteiger charge is -2.20. The molecule has 0 amide bonds. The zero-order valence-corrected chi connectivity index (χ0v) is 25.4. The van der Waals surface area contributed by atoms with Gasteiger partial charge in [-0.15, -0.1) is 0 Å². The molecule has 8 heteroatoms. The molecule has 0 spiro atoms. The van der Waals surface area contributed by atoms with Gasteiger partial charge < -0.3 is 29.1 Å². The summed E-state index contributed by atoms with van der Waals surface area (Å²) in [5.74, 6) is 3.12. The summed E-state index contributed by atoms with van der Waals surface area (Å²) < 4.78 is 24.1. The van der Waals surface area contributed by atoms with Gasteiger partial charge in [-0.25, -0.2) is 0 Å². The molecule has 1 aliphatic heterocycles. The van der Waals surface area contributed by atoms with Gasteiger partial charge in [-0.3, -0.25) is 4.98 Å². The molecule has 0 saturated heterocycles. The number of aromatic nitrogens is 1. The van der Waals surface area contributed by atoms with Crippen LogP contribution in [0.15, 0.2) is 67.0 Å². The molecule has 0 unspecified atom stereocenters. The maximum atomic E-state index is 11.3. The van der Waals surface area contributed by atoms with Gasteiger partial charge in [-0.2, -0.15) is 5.26 Å². The molecule has 0 saturated carbocycles. The number of nitrogens with one attached hydrogen (secondary N) is 1. The van der Waals surface area contributed by atoms with Crippen LogP contribution in [-0.2, 0) is 24.6 Å². The maximum Gasteiger partial charge on any atom is 0.161 e. The number of hydrogen-bond donors (Lipinski definition) is 1. The van der Waals surface area contributed by atoms with Gasteiger partial charge >= 0.3 is 0 Å². The summed E-state index contributed by atoms with van der Waals surface area (Å²) in [6.07, 6.45) is 4.57. The molecule has 5 rings (SSSR count). The first-order valence-corrected chi connectivity index (χ1v) is 14.8. The van der Waals surface area contributed by atoms with Gasteiger partial charge in [0.1, 0.15) is 49.8 Å². The number of hydrogen-bond acceptors (Lipinski definition) is 8. The standard InChI is InChI=1S/C36H37N3O5/c1-24-14-31(43-23-30-7-4-8-32(26(30)3)29-9-10-34-36(16-29)42-13-12-41-34)17-35(33(24)21-38-11-5-6-25(2)40)44-22-28-15-27(18-37)19-39-20-28/h4,7-10,14-17,19-20,38H,5-6,11-13,21-23H2,1-3H3. The van der Waals surface area contributed by atoms with Crippen molar-refractivity contribution in [1.29, 1.82) is 5.26 Å². The summed E-state index contributed by atoms with van der Waals surface area (Å²) in [5, 5.41) is 12.7. The zero-order valence-electron chi connectivity index (χ0n) is 25.4. The lowest BCUT2D eigenvalue weighted by molar-refractivity contribution is -0.117. The molecule has 3 aromatic carbocycles. The molecule has 8 nitrogen and oxygen atoms in total. The van der Waals surface area contributed by atoms with E-state index in [-0.39, 0.29) is 12.4 Å². The minimum Gasteiger partial charge on any atom is -0.489 e. The normalized spacial score (nSPS) is 12.0. The van der Waals surface area contributed by atoms with Gasteiger partial charge in [0.25, 0.3) is 0 Å². The van der Waals surface area contributed by atoms with Crippen molar-refractivity contribution in [2.75, 3.05) is 19.8 Å². The Morgan fingerprint density at radius 1 is 1.00 bits per heavy atom. The number of nitrogens with zero attached hydrogens (tertiary/aromatic N) is 2. The molecule has 4 aromatic rings. The van der Waals surface area contributed by atoms with E-state index in [1.54, 1.807) is 19.2 Å². The molecule has 226 valence electrons. The van der Waals surface area contributed by atoms with E-state index >= 15 is 0 Å². The van der Waals surface area contributed by atoms with E-state index in [9.17, 15) is 10.1 Å². The van der Waals surface area contributed by atoms with Crippen LogP contribution >= 0.6 is 0 Å². The van der Waals surface area contributed by atoms with Crippen molar-refractivity contribution in [3.05, 3.63) is 100 Å². The number of fused-ring (bicyclic) bond motifs is 1. The van der Waals surface area contributed by atoms with Gasteiger partial charge in [-0.1, -0.05) is 24.3 Å². The number of Topliss-reactive ketones (excluding diaryl/α,β-unsaturated/α-hetero) is 1. The van der Waals surface area contributed by atoms with Crippen LogP contribution < -0.4 is 24.3 Å². The highest BCUT2D eigenvalue weighted by Crippen LogP contribution is 2.36. The Morgan fingerprint density at radius 3 is 2.66 bits per heavy atom. The number of rotatable bonds is 13. The monoisotopic (exact) mass is 591 g/mol. The lowest BCUT2D eigenvalue weighted by atomic mass is 9.96. The van der Waals surface area contributed by atoms with E-state index in [4.69, 9.17) is 18.9 Å². The van der Waals surface area contributed by atoms with Gasteiger partial charge in [0.2, 0.25) is 0 Å². The van der Waals surface area contributed by atoms with Crippen LogP contribution in [0.2, 0.25) is 0 Å². The van der Waals surface area contributed by atoms with Crippen molar-refractivity contribution >= 4 is 5.78 Å². The van der Waals surface area contributed by atoms with E-state index in [0.29, 0.717) is 49.8 Å². The molecule has 0 fully saturated rings. The molecule has 0 bridgehead atoms. The van der Waals surface area contributed by atoms with Crippen LogP contribution in [0.5, 0.6) is 23.0 Å². The van der Waals surface area contributed by atoms with E-state index < -0.39 is 0 Å². The Balaban J connectivity index is 1.33. The SMILES string of the molecule is CC(=O)CCCNCc1c(C)cc(OCc2cccc(-c3ccc4c(c3)OCCO4)c2C)cc1OCc1cncc(C#N)c1. The van der Waals surface area contributed by atoms with Crippen LogP contribution in [0.1, 0.15) is 53.1 Å². The Morgan fingerprint density at radius 2 is 1.84 bits per heavy atom. The molecular weight excluding hydrogens is 554 g/mol. The zero-order chi connectivity index (χ0) is 30.9. The molecule has 0 radical (unpaired) electrons. The molecule has 1 N–H and O–H groups in total. The number of ether oxygens (including phenoxy) is 4. The summed E-state index contributed by atoms with van der Waals surface area (Å²) in [6, 6.07) is 20.1. The topological polar surface area (TPSA) is 103 Å². The average molecular weight is 592 g/mol. The third-order valence-corrected chi connectivity index (χ3v) is 7.60. The van der Waals surface area contributed by atoms with E-state index in [1.165, 1.54) is 6.20 Å². The van der Waals surface area contributed by atoms with Crippen molar-refractivity contribution in [3.8, 4) is 40.2 Å².